The van der Waals surface area contributed by atoms with Crippen LogP contribution in [0.2, 0.25) is 0 Å². The molecule has 2 unspecified atom stereocenters. The Morgan fingerprint density at radius 3 is 2.17 bits per heavy atom. The zero-order chi connectivity index (χ0) is 26.0. The van der Waals surface area contributed by atoms with Crippen molar-refractivity contribution in [1.29, 1.82) is 0 Å². The fourth-order valence-corrected chi connectivity index (χ4v) is 7.08. The highest BCUT2D eigenvalue weighted by molar-refractivity contribution is 6.38. The number of nitrogens with two attached hydrogens (primary N) is 1. The lowest BCUT2D eigenvalue weighted by Crippen LogP contribution is -2.57. The Balaban J connectivity index is 1.56. The number of carbonyl (C=O) groups is 4. The first kappa shape index (κ1) is 26.1. The predicted molar refractivity (Wildman–Crippen MR) is 133 cm³/mol. The minimum Gasteiger partial charge on any atom is -0.347 e. The van der Waals surface area contributed by atoms with Crippen molar-refractivity contribution < 1.29 is 19.2 Å². The second-order valence-electron chi connectivity index (χ2n) is 13.1. The lowest BCUT2D eigenvalue weighted by Gasteiger charge is -2.33. The third-order valence-electron chi connectivity index (χ3n) is 9.94. The molecule has 8 heteroatoms. The van der Waals surface area contributed by atoms with Gasteiger partial charge in [-0.15, -0.1) is 0 Å². The fourth-order valence-electron chi connectivity index (χ4n) is 7.08. The molecule has 0 aromatic heterocycles. The molecule has 196 valence electrons. The van der Waals surface area contributed by atoms with Gasteiger partial charge >= 0.3 is 0 Å². The monoisotopic (exact) mass is 488 g/mol. The van der Waals surface area contributed by atoms with E-state index < -0.39 is 35.2 Å². The van der Waals surface area contributed by atoms with Gasteiger partial charge in [0.15, 0.2) is 0 Å². The van der Waals surface area contributed by atoms with Crippen molar-refractivity contribution in [2.45, 2.75) is 117 Å². The summed E-state index contributed by atoms with van der Waals surface area (Å²) in [5, 5.41) is 5.60. The average molecular weight is 489 g/mol. The van der Waals surface area contributed by atoms with Crippen LogP contribution >= 0.6 is 0 Å². The van der Waals surface area contributed by atoms with Gasteiger partial charge in [0.05, 0.1) is 12.1 Å². The third kappa shape index (κ3) is 4.00. The fraction of sp³-hybridized carbons (Fsp3) is 0.852. The Kier molecular flexibility index (Phi) is 6.39. The molecular weight excluding hydrogens is 444 g/mol. The van der Waals surface area contributed by atoms with E-state index in [1.54, 1.807) is 4.90 Å². The summed E-state index contributed by atoms with van der Waals surface area (Å²) in [7, 11) is 0. The standard InChI is InChI=1S/C27H44N4O4/c1-7-9-17(19(32)22(34)29-16-10-11-16)30-21(33)18-14-27(25(5,6)26(27)12-8-13-26)15-31(18)23(35)20(28)24(2,3)4/h16-18,20H,7-15,28H2,1-6H3,(H,29,34)(H,30,33)/t17?,18-,20+,27?/m0/s1. The molecule has 1 saturated heterocycles. The van der Waals surface area contributed by atoms with E-state index in [1.807, 2.05) is 27.7 Å². The molecule has 35 heavy (non-hydrogen) atoms. The molecule has 0 aromatic rings. The highest BCUT2D eigenvalue weighted by Gasteiger charge is 2.85. The van der Waals surface area contributed by atoms with Crippen LogP contribution < -0.4 is 16.4 Å². The summed E-state index contributed by atoms with van der Waals surface area (Å²) in [6.07, 6.45) is 6.81. The number of carbonyl (C=O) groups excluding carboxylic acids is 4. The third-order valence-corrected chi connectivity index (χ3v) is 9.94. The van der Waals surface area contributed by atoms with Crippen molar-refractivity contribution >= 4 is 23.5 Å². The minimum atomic E-state index is -0.888. The Morgan fingerprint density at radius 2 is 1.71 bits per heavy atom. The first-order chi connectivity index (χ1) is 16.2. The maximum atomic E-state index is 13.7. The molecule has 1 heterocycles. The summed E-state index contributed by atoms with van der Waals surface area (Å²) in [6.45, 7) is 12.8. The number of hydrogen-bond donors (Lipinski definition) is 3. The van der Waals surface area contributed by atoms with Gasteiger partial charge in [-0.2, -0.15) is 0 Å². The van der Waals surface area contributed by atoms with Crippen molar-refractivity contribution in [2.75, 3.05) is 6.54 Å². The summed E-state index contributed by atoms with van der Waals surface area (Å²) >= 11 is 0. The van der Waals surface area contributed by atoms with E-state index in [0.29, 0.717) is 25.8 Å². The van der Waals surface area contributed by atoms with Crippen LogP contribution in [0.4, 0.5) is 0 Å². The topological polar surface area (TPSA) is 122 Å². The number of rotatable bonds is 8. The number of nitrogens with one attached hydrogen (secondary N) is 2. The molecule has 1 aliphatic heterocycles. The molecule has 3 amide bonds. The molecule has 4 N–H and O–H groups in total. The van der Waals surface area contributed by atoms with Crippen molar-refractivity contribution in [3.8, 4) is 0 Å². The van der Waals surface area contributed by atoms with Gasteiger partial charge in [-0.1, -0.05) is 54.4 Å². The molecule has 0 radical (unpaired) electrons. The van der Waals surface area contributed by atoms with Crippen LogP contribution in [-0.4, -0.2) is 59.1 Å². The summed E-state index contributed by atoms with van der Waals surface area (Å²) in [5.74, 6) is -1.80. The Hall–Kier alpha value is -1.96. The van der Waals surface area contributed by atoms with Crippen LogP contribution in [0.3, 0.4) is 0 Å². The van der Waals surface area contributed by atoms with E-state index in [9.17, 15) is 19.2 Å². The van der Waals surface area contributed by atoms with Crippen molar-refractivity contribution in [3.63, 3.8) is 0 Å². The minimum absolute atomic E-state index is 0.0421. The molecule has 3 aliphatic carbocycles. The normalized spacial score (nSPS) is 29.9. The zero-order valence-corrected chi connectivity index (χ0v) is 22.3. The Morgan fingerprint density at radius 1 is 1.09 bits per heavy atom. The molecular formula is C27H44N4O4. The Bertz CT molecular complexity index is 915. The van der Waals surface area contributed by atoms with Gasteiger partial charge in [0, 0.05) is 18.0 Å². The van der Waals surface area contributed by atoms with E-state index >= 15 is 0 Å². The number of hydrogen-bond acceptors (Lipinski definition) is 5. The molecule has 2 spiro atoms. The molecule has 4 atom stereocenters. The second-order valence-corrected chi connectivity index (χ2v) is 13.1. The van der Waals surface area contributed by atoms with Crippen LogP contribution in [-0.2, 0) is 19.2 Å². The second kappa shape index (κ2) is 8.56. The first-order valence-corrected chi connectivity index (χ1v) is 13.4. The van der Waals surface area contributed by atoms with Crippen LogP contribution in [0.1, 0.15) is 92.9 Å². The molecule has 4 aliphatic rings. The first-order valence-electron chi connectivity index (χ1n) is 13.4. The van der Waals surface area contributed by atoms with E-state index in [2.05, 4.69) is 24.5 Å². The van der Waals surface area contributed by atoms with Crippen LogP contribution in [0.15, 0.2) is 0 Å². The predicted octanol–water partition coefficient (Wildman–Crippen LogP) is 2.29. The van der Waals surface area contributed by atoms with Gasteiger partial charge in [-0.25, -0.2) is 0 Å². The van der Waals surface area contributed by atoms with Crippen molar-refractivity contribution in [2.24, 2.45) is 27.4 Å². The number of likely N-dealkylation sites (tertiary alicyclic amines) is 1. The summed E-state index contributed by atoms with van der Waals surface area (Å²) in [6, 6.07) is -2.24. The lowest BCUT2D eigenvalue weighted by atomic mass is 9.73. The van der Waals surface area contributed by atoms with E-state index in [1.165, 1.54) is 6.42 Å². The van der Waals surface area contributed by atoms with Crippen molar-refractivity contribution in [1.82, 2.24) is 15.5 Å². The van der Waals surface area contributed by atoms with Gasteiger partial charge in [-0.05, 0) is 54.8 Å². The molecule has 3 saturated carbocycles. The average Bonchev–Trinajstić information content (AvgIpc) is 3.56. The number of nitrogens with zero attached hydrogens (tertiary/aromatic N) is 1. The maximum Gasteiger partial charge on any atom is 0.289 e. The van der Waals surface area contributed by atoms with Crippen LogP contribution in [0.25, 0.3) is 0 Å². The number of amides is 3. The van der Waals surface area contributed by atoms with E-state index in [-0.39, 0.29) is 34.1 Å². The Labute approximate surface area is 209 Å². The SMILES string of the molecule is CCCC(NC(=O)[C@@H]1CC2(CN1C(=O)[C@@H](N)C(C)(C)C)C(C)(C)C21CCC1)C(=O)C(=O)NC1CC1. The van der Waals surface area contributed by atoms with Crippen LogP contribution in [0.5, 0.6) is 0 Å². The highest BCUT2D eigenvalue weighted by atomic mass is 16.2. The molecule has 0 bridgehead atoms. The number of Topliss-reactive ketones (excluding diaryl/α,β-unsaturated/α-hetero) is 1. The van der Waals surface area contributed by atoms with Gasteiger partial charge < -0.3 is 21.3 Å². The highest BCUT2D eigenvalue weighted by Crippen LogP contribution is 2.88. The molecule has 0 aromatic carbocycles. The number of ketones is 1. The van der Waals surface area contributed by atoms with Gasteiger partial charge in [0.25, 0.3) is 5.91 Å². The molecule has 4 fully saturated rings. The van der Waals surface area contributed by atoms with Gasteiger partial charge in [0.2, 0.25) is 17.6 Å². The van der Waals surface area contributed by atoms with E-state index in [0.717, 1.165) is 25.7 Å². The number of fused-ring (bicyclic) bond motifs is 1. The largest absolute Gasteiger partial charge is 0.347 e. The van der Waals surface area contributed by atoms with Gasteiger partial charge in [0.1, 0.15) is 6.04 Å². The zero-order valence-electron chi connectivity index (χ0n) is 22.3. The van der Waals surface area contributed by atoms with E-state index in [4.69, 9.17) is 5.73 Å². The van der Waals surface area contributed by atoms with Crippen molar-refractivity contribution in [3.05, 3.63) is 0 Å². The lowest BCUT2D eigenvalue weighted by molar-refractivity contribution is -0.143. The molecule has 8 nitrogen and oxygen atoms in total. The smallest absolute Gasteiger partial charge is 0.289 e. The van der Waals surface area contributed by atoms with Crippen LogP contribution in [0, 0.1) is 21.7 Å². The summed E-state index contributed by atoms with van der Waals surface area (Å²) in [4.78, 5) is 54.3. The summed E-state index contributed by atoms with van der Waals surface area (Å²) in [5.41, 5.74) is 6.05. The maximum absolute atomic E-state index is 13.7. The van der Waals surface area contributed by atoms with Gasteiger partial charge in [-0.3, -0.25) is 19.2 Å². The summed E-state index contributed by atoms with van der Waals surface area (Å²) < 4.78 is 0. The molecule has 4 rings (SSSR count). The quantitative estimate of drug-likeness (QED) is 0.453.